The second-order valence-corrected chi connectivity index (χ2v) is 7.12. The zero-order valence-electron chi connectivity index (χ0n) is 17.6. The Kier molecular flexibility index (Phi) is 16.2. The monoisotopic (exact) mass is 585 g/mol. The zero-order chi connectivity index (χ0) is 20.0. The van der Waals surface area contributed by atoms with Gasteiger partial charge >= 0.3 is 11.9 Å². The smallest absolute Gasteiger partial charge is 0.338 e. The van der Waals surface area contributed by atoms with Crippen molar-refractivity contribution in [1.82, 2.24) is 10.6 Å². The largest absolute Gasteiger partial charge is 0.479 e. The number of carboxylic acid groups (broad SMARTS) is 2. The van der Waals surface area contributed by atoms with E-state index in [1.165, 1.54) is 20.8 Å². The first-order chi connectivity index (χ1) is 11.3. The first-order valence-electron chi connectivity index (χ1n) is 7.99. The first-order valence-corrected chi connectivity index (χ1v) is 7.99. The van der Waals surface area contributed by atoms with E-state index in [0.29, 0.717) is 6.42 Å². The van der Waals surface area contributed by atoms with Crippen LogP contribution in [0.3, 0.4) is 0 Å². The number of amides is 2. The van der Waals surface area contributed by atoms with E-state index in [4.69, 9.17) is 10.2 Å². The van der Waals surface area contributed by atoms with Crippen molar-refractivity contribution in [3.8, 4) is 0 Å². The summed E-state index contributed by atoms with van der Waals surface area (Å²) in [6.45, 7) is 8.05. The second kappa shape index (κ2) is 13.4. The number of aliphatic hydroxyl groups excluding tert-OH is 1. The van der Waals surface area contributed by atoms with Gasteiger partial charge < -0.3 is 26.0 Å². The summed E-state index contributed by atoms with van der Waals surface area (Å²) in [7, 11) is 0. The van der Waals surface area contributed by atoms with Crippen molar-refractivity contribution in [2.24, 2.45) is 10.8 Å². The summed E-state index contributed by atoms with van der Waals surface area (Å²) in [6.07, 6.45) is -0.246. The van der Waals surface area contributed by atoms with Crippen LogP contribution in [0.2, 0.25) is 0 Å². The summed E-state index contributed by atoms with van der Waals surface area (Å²) in [6, 6.07) is -2.05. The molecular weight excluding hydrogens is 551 g/mol. The average molecular weight is 586 g/mol. The number of aliphatic carboxylic acids is 2. The Balaban J connectivity index is -0.000000960. The Morgan fingerprint density at radius 2 is 1.39 bits per heavy atom. The Bertz CT molecular complexity index is 524. The van der Waals surface area contributed by atoms with Crippen LogP contribution in [0.4, 0.5) is 0 Å². The fourth-order valence-corrected chi connectivity index (χ4v) is 2.43. The molecule has 0 aliphatic heterocycles. The van der Waals surface area contributed by atoms with Crippen molar-refractivity contribution in [2.45, 2.75) is 59.6 Å². The molecule has 9 nitrogen and oxygen atoms in total. The molecule has 0 spiro atoms. The van der Waals surface area contributed by atoms with Crippen molar-refractivity contribution in [3.63, 3.8) is 0 Å². The molecule has 0 saturated heterocycles. The summed E-state index contributed by atoms with van der Waals surface area (Å²) < 4.78 is 0. The van der Waals surface area contributed by atoms with Crippen LogP contribution in [0.15, 0.2) is 0 Å². The summed E-state index contributed by atoms with van der Waals surface area (Å²) in [4.78, 5) is 46.6. The van der Waals surface area contributed by atoms with Crippen LogP contribution in [0, 0.1) is 25.7 Å². The van der Waals surface area contributed by atoms with Crippen molar-refractivity contribution in [2.75, 3.05) is 6.54 Å². The van der Waals surface area contributed by atoms with Crippen molar-refractivity contribution >= 4 is 23.8 Å². The molecule has 0 aromatic carbocycles. The number of carbonyl (C=O) groups is 4. The molecule has 0 saturated carbocycles. The summed E-state index contributed by atoms with van der Waals surface area (Å²) in [5, 5.41) is 31.6. The molecule has 0 rings (SSSR count). The maximum absolute atomic E-state index is 12.4. The number of hydrogen-bond acceptors (Lipinski definition) is 5. The van der Waals surface area contributed by atoms with E-state index in [1.807, 2.05) is 5.32 Å². The normalized spacial score (nSPS) is 13.5. The minimum atomic E-state index is -2.05. The molecule has 0 heterocycles. The molecule has 10 heteroatoms. The number of rotatable bonds is 10. The Morgan fingerprint density at radius 3 is 1.71 bits per heavy atom. The predicted octanol–water partition coefficient (Wildman–Crippen LogP) is 0.868. The van der Waals surface area contributed by atoms with Crippen LogP contribution in [0.25, 0.3) is 0 Å². The maximum Gasteiger partial charge on any atom is 0.338 e. The molecule has 0 aliphatic rings. The topological polar surface area (TPSA) is 153 Å². The van der Waals surface area contributed by atoms with E-state index in [9.17, 15) is 24.3 Å². The predicted molar refractivity (Wildman–Crippen MR) is 102 cm³/mol. The van der Waals surface area contributed by atoms with Gasteiger partial charge in [-0.2, -0.15) is 0 Å². The van der Waals surface area contributed by atoms with Crippen molar-refractivity contribution in [3.05, 3.63) is 14.9 Å². The van der Waals surface area contributed by atoms with Crippen LogP contribution in [0.5, 0.6) is 0 Å². The van der Waals surface area contributed by atoms with Gasteiger partial charge in [0.25, 0.3) is 0 Å². The summed E-state index contributed by atoms with van der Waals surface area (Å²) in [5.41, 5.74) is -2.13. The van der Waals surface area contributed by atoms with E-state index in [1.54, 1.807) is 13.8 Å². The van der Waals surface area contributed by atoms with Gasteiger partial charge in [-0.15, -0.1) is 0 Å². The number of carboxylic acids is 2. The fourth-order valence-electron chi connectivity index (χ4n) is 2.43. The fraction of sp³-hybridized carbons (Fsp3) is 0.667. The third-order valence-electron chi connectivity index (χ3n) is 4.10. The quantitative estimate of drug-likeness (QED) is 0.188. The summed E-state index contributed by atoms with van der Waals surface area (Å²) >= 11 is 0. The van der Waals surface area contributed by atoms with Crippen LogP contribution >= 0.6 is 0 Å². The average Bonchev–Trinajstić information content (AvgIpc) is 2.48. The Hall–Kier alpha value is -1.73. The molecule has 0 aromatic rings. The van der Waals surface area contributed by atoms with E-state index in [0.717, 1.165) is 0 Å². The van der Waals surface area contributed by atoms with Gasteiger partial charge in [-0.25, -0.2) is 9.59 Å². The van der Waals surface area contributed by atoms with Crippen LogP contribution < -0.4 is 10.6 Å². The Labute approximate surface area is 181 Å². The number of carbonyl (C=O) groups excluding carboxylic acids is 2. The van der Waals surface area contributed by atoms with Crippen LogP contribution in [-0.2, 0) is 40.2 Å². The number of aliphatic hydroxyl groups is 1. The molecule has 0 bridgehead atoms. The third-order valence-corrected chi connectivity index (χ3v) is 4.10. The molecule has 2 unspecified atom stereocenters. The van der Waals surface area contributed by atoms with Crippen LogP contribution in [0.1, 0.15) is 47.5 Å². The van der Waals surface area contributed by atoms with Gasteiger partial charge in [-0.1, -0.05) is 27.7 Å². The van der Waals surface area contributed by atoms with Gasteiger partial charge in [-0.3, -0.25) is 9.59 Å². The van der Waals surface area contributed by atoms with Crippen LogP contribution in [-0.4, -0.2) is 57.8 Å². The molecular formula is C18H34N2O7Pt+2. The van der Waals surface area contributed by atoms with E-state index >= 15 is 0 Å². The Morgan fingerprint density at radius 1 is 0.964 bits per heavy atom. The van der Waals surface area contributed by atoms with Gasteiger partial charge in [-0.05, 0) is 19.8 Å². The van der Waals surface area contributed by atoms with E-state index < -0.39 is 40.8 Å². The molecule has 166 valence electrons. The molecule has 0 radical (unpaired) electrons. The molecule has 0 aliphatic carbocycles. The first kappa shape index (κ1) is 33.8. The van der Waals surface area contributed by atoms with Crippen molar-refractivity contribution in [1.29, 1.82) is 0 Å². The molecule has 2 amide bonds. The minimum Gasteiger partial charge on any atom is -0.479 e. The van der Waals surface area contributed by atoms with Gasteiger partial charge in [0.2, 0.25) is 17.9 Å². The molecule has 0 fully saturated rings. The molecule has 28 heavy (non-hydrogen) atoms. The summed E-state index contributed by atoms with van der Waals surface area (Å²) in [5.74, 6) is -4.47. The second-order valence-electron chi connectivity index (χ2n) is 7.12. The van der Waals surface area contributed by atoms with Crippen molar-refractivity contribution < 1.29 is 55.6 Å². The number of hydrogen-bond donors (Lipinski definition) is 5. The van der Waals surface area contributed by atoms with E-state index in [2.05, 4.69) is 5.32 Å². The molecule has 2 atom stereocenters. The maximum atomic E-state index is 12.4. The standard InChI is InChI=1S/C16H28N2O7.2CH3.Pt/c1-6-16(5,14(25)17-7-9(2)19)8-15(3,4)13(24)18-10(11(20)21)12(22)23;;;/h9-10,19H,6-8H2,1-5H3,(H,17,25)(H,18,24)(H,20,21)(H,22,23);2*1H3;/q;2*+1;. The van der Waals surface area contributed by atoms with Gasteiger partial charge in [0.15, 0.2) is 0 Å². The number of nitrogens with one attached hydrogen (secondary N) is 2. The SMILES string of the molecule is CCC(C)(CC(C)(C)C(=O)NC(C(=O)O)C(=O)O)C(=O)NCC(C)O.[CH3+].[CH3+].[Pt]. The third kappa shape index (κ3) is 9.99. The van der Waals surface area contributed by atoms with E-state index in [-0.39, 0.29) is 54.8 Å². The minimum absolute atomic E-state index is 0. The molecule has 0 aromatic heterocycles. The van der Waals surface area contributed by atoms with Gasteiger partial charge in [0.05, 0.1) is 6.10 Å². The van der Waals surface area contributed by atoms with Gasteiger partial charge in [0, 0.05) is 53.3 Å². The molecule has 5 N–H and O–H groups in total. The van der Waals surface area contributed by atoms with Gasteiger partial charge in [0.1, 0.15) is 0 Å². The zero-order valence-corrected chi connectivity index (χ0v) is 19.8.